The molecule has 0 radical (unpaired) electrons. The molecule has 0 bridgehead atoms. The molecule has 120 valence electrons. The van der Waals surface area contributed by atoms with Gasteiger partial charge in [-0.05, 0) is 25.0 Å². The Morgan fingerprint density at radius 2 is 2.00 bits per heavy atom. The average Bonchev–Trinajstić information content (AvgIpc) is 3.09. The van der Waals surface area contributed by atoms with Crippen LogP contribution in [-0.4, -0.2) is 50.6 Å². The van der Waals surface area contributed by atoms with Gasteiger partial charge in [-0.3, -0.25) is 0 Å². The molecule has 0 aromatic heterocycles. The van der Waals surface area contributed by atoms with Gasteiger partial charge in [0.1, 0.15) is 5.75 Å². The number of amides is 2. The molecule has 2 amide bonds. The van der Waals surface area contributed by atoms with Gasteiger partial charge in [-0.25, -0.2) is 4.79 Å². The first-order valence-corrected chi connectivity index (χ1v) is 7.69. The second-order valence-corrected chi connectivity index (χ2v) is 5.60. The maximum absolute atomic E-state index is 12.3. The second-order valence-electron chi connectivity index (χ2n) is 5.60. The Balaban J connectivity index is 1.51. The first-order valence-electron chi connectivity index (χ1n) is 7.69. The van der Waals surface area contributed by atoms with Crippen LogP contribution < -0.4 is 10.1 Å². The van der Waals surface area contributed by atoms with Crippen molar-refractivity contribution in [2.45, 2.75) is 19.1 Å². The predicted molar refractivity (Wildman–Crippen MR) is 82.0 cm³/mol. The highest BCUT2D eigenvalue weighted by Crippen LogP contribution is 2.26. The SMILES string of the molecule is COc1cccc(NC(=O)N2CCC(C3OCCO3)CC2)c1. The number of ether oxygens (including phenoxy) is 3. The van der Waals surface area contributed by atoms with Crippen LogP contribution in [0, 0.1) is 5.92 Å². The monoisotopic (exact) mass is 306 g/mol. The summed E-state index contributed by atoms with van der Waals surface area (Å²) in [6.07, 6.45) is 1.75. The van der Waals surface area contributed by atoms with Crippen LogP contribution in [-0.2, 0) is 9.47 Å². The molecule has 0 unspecified atom stereocenters. The summed E-state index contributed by atoms with van der Waals surface area (Å²) in [4.78, 5) is 14.1. The van der Waals surface area contributed by atoms with Gasteiger partial charge < -0.3 is 24.4 Å². The number of methoxy groups -OCH3 is 1. The Morgan fingerprint density at radius 3 is 2.68 bits per heavy atom. The highest BCUT2D eigenvalue weighted by molar-refractivity contribution is 5.89. The number of piperidine rings is 1. The summed E-state index contributed by atoms with van der Waals surface area (Å²) in [5.74, 6) is 1.12. The molecule has 22 heavy (non-hydrogen) atoms. The molecule has 6 nitrogen and oxygen atoms in total. The van der Waals surface area contributed by atoms with E-state index in [0.717, 1.165) is 37.4 Å². The molecule has 0 spiro atoms. The number of carbonyl (C=O) groups is 1. The van der Waals surface area contributed by atoms with E-state index >= 15 is 0 Å². The van der Waals surface area contributed by atoms with E-state index in [9.17, 15) is 4.79 Å². The maximum atomic E-state index is 12.3. The molecule has 6 heteroatoms. The molecular formula is C16H22N2O4. The van der Waals surface area contributed by atoms with E-state index in [0.29, 0.717) is 19.1 Å². The molecule has 0 atom stereocenters. The van der Waals surface area contributed by atoms with Gasteiger partial charge in [0.2, 0.25) is 0 Å². The quantitative estimate of drug-likeness (QED) is 0.931. The number of nitrogens with zero attached hydrogens (tertiary/aromatic N) is 1. The van der Waals surface area contributed by atoms with Gasteiger partial charge >= 0.3 is 6.03 Å². The summed E-state index contributed by atoms with van der Waals surface area (Å²) in [6, 6.07) is 7.30. The van der Waals surface area contributed by atoms with Crippen LogP contribution in [0.25, 0.3) is 0 Å². The number of hydrogen-bond donors (Lipinski definition) is 1. The van der Waals surface area contributed by atoms with Crippen LogP contribution in [0.5, 0.6) is 5.75 Å². The third kappa shape index (κ3) is 3.51. The van der Waals surface area contributed by atoms with Gasteiger partial charge in [0, 0.05) is 30.8 Å². The summed E-state index contributed by atoms with van der Waals surface area (Å²) < 4.78 is 16.3. The Bertz CT molecular complexity index is 509. The topological polar surface area (TPSA) is 60.0 Å². The van der Waals surface area contributed by atoms with E-state index in [2.05, 4.69) is 5.32 Å². The summed E-state index contributed by atoms with van der Waals surface area (Å²) in [7, 11) is 1.61. The number of carbonyl (C=O) groups excluding carboxylic acids is 1. The lowest BCUT2D eigenvalue weighted by Gasteiger charge is -2.33. The number of anilines is 1. The van der Waals surface area contributed by atoms with E-state index < -0.39 is 0 Å². The molecule has 0 aliphatic carbocycles. The van der Waals surface area contributed by atoms with Gasteiger partial charge in [-0.15, -0.1) is 0 Å². The fourth-order valence-corrected chi connectivity index (χ4v) is 2.93. The van der Waals surface area contributed by atoms with Crippen molar-refractivity contribution in [1.82, 2.24) is 4.90 Å². The molecule has 2 aliphatic heterocycles. The van der Waals surface area contributed by atoms with E-state index in [1.165, 1.54) is 0 Å². The average molecular weight is 306 g/mol. The lowest BCUT2D eigenvalue weighted by atomic mass is 9.96. The molecule has 1 aromatic carbocycles. The molecule has 2 heterocycles. The molecule has 0 saturated carbocycles. The summed E-state index contributed by atoms with van der Waals surface area (Å²) >= 11 is 0. The van der Waals surface area contributed by atoms with E-state index in [4.69, 9.17) is 14.2 Å². The zero-order valence-electron chi connectivity index (χ0n) is 12.8. The Hall–Kier alpha value is -1.79. The molecular weight excluding hydrogens is 284 g/mol. The molecule has 2 saturated heterocycles. The smallest absolute Gasteiger partial charge is 0.321 e. The third-order valence-electron chi connectivity index (χ3n) is 4.18. The van der Waals surface area contributed by atoms with Crippen molar-refractivity contribution in [3.8, 4) is 5.75 Å². The fraction of sp³-hybridized carbons (Fsp3) is 0.562. The Labute approximate surface area is 130 Å². The van der Waals surface area contributed by atoms with Gasteiger partial charge in [-0.1, -0.05) is 6.07 Å². The van der Waals surface area contributed by atoms with Crippen molar-refractivity contribution in [3.63, 3.8) is 0 Å². The van der Waals surface area contributed by atoms with Crippen molar-refractivity contribution in [3.05, 3.63) is 24.3 Å². The van der Waals surface area contributed by atoms with Crippen LogP contribution in [0.15, 0.2) is 24.3 Å². The fourth-order valence-electron chi connectivity index (χ4n) is 2.93. The minimum Gasteiger partial charge on any atom is -0.497 e. The number of hydrogen-bond acceptors (Lipinski definition) is 4. The standard InChI is InChI=1S/C16H22N2O4/c1-20-14-4-2-3-13(11-14)17-16(19)18-7-5-12(6-8-18)15-21-9-10-22-15/h2-4,11-12,15H,5-10H2,1H3,(H,17,19). The van der Waals surface area contributed by atoms with Crippen molar-refractivity contribution in [2.75, 3.05) is 38.7 Å². The zero-order chi connectivity index (χ0) is 15.4. The molecule has 1 aromatic rings. The van der Waals surface area contributed by atoms with Crippen LogP contribution in [0.3, 0.4) is 0 Å². The third-order valence-corrected chi connectivity index (χ3v) is 4.18. The summed E-state index contributed by atoms with van der Waals surface area (Å²) in [6.45, 7) is 2.82. The van der Waals surface area contributed by atoms with Gasteiger partial charge in [0.05, 0.1) is 20.3 Å². The Kier molecular flexibility index (Phi) is 4.80. The predicted octanol–water partition coefficient (Wildman–Crippen LogP) is 2.31. The van der Waals surface area contributed by atoms with Crippen molar-refractivity contribution >= 4 is 11.7 Å². The largest absolute Gasteiger partial charge is 0.497 e. The van der Waals surface area contributed by atoms with Crippen molar-refractivity contribution < 1.29 is 19.0 Å². The normalized spacial score (nSPS) is 20.1. The number of nitrogens with one attached hydrogen (secondary N) is 1. The lowest BCUT2D eigenvalue weighted by molar-refractivity contribution is -0.0950. The van der Waals surface area contributed by atoms with Gasteiger partial charge in [-0.2, -0.15) is 0 Å². The molecule has 2 aliphatic rings. The van der Waals surface area contributed by atoms with Crippen LogP contribution >= 0.6 is 0 Å². The van der Waals surface area contributed by atoms with E-state index in [1.54, 1.807) is 7.11 Å². The first kappa shape index (κ1) is 15.1. The van der Waals surface area contributed by atoms with E-state index in [1.807, 2.05) is 29.2 Å². The van der Waals surface area contributed by atoms with Gasteiger partial charge in [0.15, 0.2) is 6.29 Å². The zero-order valence-corrected chi connectivity index (χ0v) is 12.8. The number of likely N-dealkylation sites (tertiary alicyclic amines) is 1. The number of benzene rings is 1. The summed E-state index contributed by atoms with van der Waals surface area (Å²) in [5.41, 5.74) is 0.744. The van der Waals surface area contributed by atoms with Crippen LogP contribution in [0.4, 0.5) is 10.5 Å². The van der Waals surface area contributed by atoms with Crippen molar-refractivity contribution in [1.29, 1.82) is 0 Å². The minimum absolute atomic E-state index is 0.0695. The highest BCUT2D eigenvalue weighted by Gasteiger charge is 2.31. The second kappa shape index (κ2) is 6.98. The van der Waals surface area contributed by atoms with Crippen LogP contribution in [0.1, 0.15) is 12.8 Å². The highest BCUT2D eigenvalue weighted by atomic mass is 16.7. The lowest BCUT2D eigenvalue weighted by Crippen LogP contribution is -2.43. The van der Waals surface area contributed by atoms with E-state index in [-0.39, 0.29) is 12.3 Å². The van der Waals surface area contributed by atoms with Crippen LogP contribution in [0.2, 0.25) is 0 Å². The molecule has 3 rings (SSSR count). The van der Waals surface area contributed by atoms with Crippen molar-refractivity contribution in [2.24, 2.45) is 5.92 Å². The van der Waals surface area contributed by atoms with Gasteiger partial charge in [0.25, 0.3) is 0 Å². The number of rotatable bonds is 3. The minimum atomic E-state index is -0.0800. The Morgan fingerprint density at radius 1 is 1.27 bits per heavy atom. The summed E-state index contributed by atoms with van der Waals surface area (Å²) in [5, 5.41) is 2.92. The molecule has 1 N–H and O–H groups in total. The number of urea groups is 1. The maximum Gasteiger partial charge on any atom is 0.321 e. The first-order chi connectivity index (χ1) is 10.8. The molecule has 2 fully saturated rings.